The van der Waals surface area contributed by atoms with Crippen LogP contribution in [0.15, 0.2) is 12.1 Å². The molecule has 1 heterocycles. The van der Waals surface area contributed by atoms with Gasteiger partial charge in [-0.1, -0.05) is 24.6 Å². The predicted octanol–water partition coefficient (Wildman–Crippen LogP) is 2.51. The normalized spacial score (nSPS) is 22.3. The minimum atomic E-state index is -0.733. The van der Waals surface area contributed by atoms with Gasteiger partial charge in [-0.2, -0.15) is 0 Å². The zero-order valence-corrected chi connectivity index (χ0v) is 13.2. The Balaban J connectivity index is 2.16. The van der Waals surface area contributed by atoms with Gasteiger partial charge in [-0.25, -0.2) is 0 Å². The second-order valence-corrected chi connectivity index (χ2v) is 5.77. The van der Waals surface area contributed by atoms with Crippen LogP contribution >= 0.6 is 11.6 Å². The van der Waals surface area contributed by atoms with Gasteiger partial charge in [-0.05, 0) is 17.5 Å². The molecule has 0 amide bonds. The number of aliphatic carboxylic acids is 1. The second kappa shape index (κ2) is 6.54. The summed E-state index contributed by atoms with van der Waals surface area (Å²) < 4.78 is 10.5. The quantitative estimate of drug-likeness (QED) is 0.905. The van der Waals surface area contributed by atoms with Gasteiger partial charge in [0, 0.05) is 19.6 Å². The van der Waals surface area contributed by atoms with Crippen LogP contribution < -0.4 is 9.47 Å². The van der Waals surface area contributed by atoms with Crippen LogP contribution in [-0.2, 0) is 11.3 Å². The molecule has 1 aliphatic heterocycles. The van der Waals surface area contributed by atoms with E-state index in [9.17, 15) is 9.90 Å². The second-order valence-electron chi connectivity index (χ2n) is 5.39. The molecule has 0 radical (unpaired) electrons. The van der Waals surface area contributed by atoms with Gasteiger partial charge in [-0.15, -0.1) is 0 Å². The molecule has 21 heavy (non-hydrogen) atoms. The number of methoxy groups -OCH3 is 2. The monoisotopic (exact) mass is 313 g/mol. The summed E-state index contributed by atoms with van der Waals surface area (Å²) in [6.07, 6.45) is 0. The minimum absolute atomic E-state index is 0.140. The lowest BCUT2D eigenvalue weighted by Crippen LogP contribution is -2.23. The summed E-state index contributed by atoms with van der Waals surface area (Å²) in [5.41, 5.74) is 0.910. The molecule has 0 spiro atoms. The van der Waals surface area contributed by atoms with Crippen LogP contribution in [0.5, 0.6) is 11.5 Å². The van der Waals surface area contributed by atoms with Crippen molar-refractivity contribution in [1.82, 2.24) is 4.90 Å². The molecule has 1 aromatic rings. The van der Waals surface area contributed by atoms with E-state index >= 15 is 0 Å². The highest BCUT2D eigenvalue weighted by Crippen LogP contribution is 2.38. The standard InChI is InChI=1S/C15H20ClNO4/c1-9-6-17(8-11(9)15(18)19)7-10-4-5-12(20-2)14(21-3)13(10)16/h4-5,9,11H,6-8H2,1-3H3,(H,18,19). The van der Waals surface area contributed by atoms with Crippen molar-refractivity contribution < 1.29 is 19.4 Å². The molecule has 1 N–H and O–H groups in total. The largest absolute Gasteiger partial charge is 0.493 e. The van der Waals surface area contributed by atoms with Crippen LogP contribution in [0.25, 0.3) is 0 Å². The van der Waals surface area contributed by atoms with Gasteiger partial charge in [0.05, 0.1) is 25.2 Å². The van der Waals surface area contributed by atoms with Crippen LogP contribution in [0, 0.1) is 11.8 Å². The fourth-order valence-corrected chi connectivity index (χ4v) is 3.10. The first kappa shape index (κ1) is 15.9. The van der Waals surface area contributed by atoms with E-state index in [-0.39, 0.29) is 11.8 Å². The first-order chi connectivity index (χ1) is 9.97. The molecule has 5 nitrogen and oxygen atoms in total. The molecular formula is C15H20ClNO4. The van der Waals surface area contributed by atoms with Crippen molar-refractivity contribution in [2.75, 3.05) is 27.3 Å². The summed E-state index contributed by atoms with van der Waals surface area (Å²) >= 11 is 6.36. The maximum Gasteiger partial charge on any atom is 0.308 e. The maximum absolute atomic E-state index is 11.2. The van der Waals surface area contributed by atoms with Crippen molar-refractivity contribution >= 4 is 17.6 Å². The van der Waals surface area contributed by atoms with Crippen LogP contribution in [0.1, 0.15) is 12.5 Å². The maximum atomic E-state index is 11.2. The fourth-order valence-electron chi connectivity index (χ4n) is 2.81. The highest BCUT2D eigenvalue weighted by molar-refractivity contribution is 6.33. The molecule has 0 saturated carbocycles. The average molecular weight is 314 g/mol. The summed E-state index contributed by atoms with van der Waals surface area (Å²) in [6.45, 7) is 3.87. The number of hydrogen-bond acceptors (Lipinski definition) is 4. The molecule has 116 valence electrons. The molecule has 1 aliphatic rings. The molecule has 1 aromatic carbocycles. The van der Waals surface area contributed by atoms with Gasteiger partial charge in [0.2, 0.25) is 0 Å². The number of rotatable bonds is 5. The topological polar surface area (TPSA) is 59.0 Å². The van der Waals surface area contributed by atoms with Crippen molar-refractivity contribution in [3.8, 4) is 11.5 Å². The van der Waals surface area contributed by atoms with Crippen molar-refractivity contribution in [3.63, 3.8) is 0 Å². The minimum Gasteiger partial charge on any atom is -0.493 e. The summed E-state index contributed by atoms with van der Waals surface area (Å²) in [7, 11) is 3.11. The van der Waals surface area contributed by atoms with Gasteiger partial charge in [0.1, 0.15) is 0 Å². The zero-order valence-electron chi connectivity index (χ0n) is 12.4. The number of benzene rings is 1. The third-order valence-corrected chi connectivity index (χ3v) is 4.38. The molecule has 2 unspecified atom stereocenters. The summed E-state index contributed by atoms with van der Waals surface area (Å²) in [5.74, 6) is 0.192. The molecule has 0 bridgehead atoms. The van der Waals surface area contributed by atoms with Crippen molar-refractivity contribution in [2.24, 2.45) is 11.8 Å². The fraction of sp³-hybridized carbons (Fsp3) is 0.533. The summed E-state index contributed by atoms with van der Waals surface area (Å²) in [4.78, 5) is 13.3. The summed E-state index contributed by atoms with van der Waals surface area (Å²) in [5, 5.41) is 9.70. The highest BCUT2D eigenvalue weighted by Gasteiger charge is 2.34. The van der Waals surface area contributed by atoms with E-state index in [4.69, 9.17) is 21.1 Å². The van der Waals surface area contributed by atoms with Crippen LogP contribution in [0.2, 0.25) is 5.02 Å². The van der Waals surface area contributed by atoms with Crippen molar-refractivity contribution in [2.45, 2.75) is 13.5 Å². The van der Waals surface area contributed by atoms with Crippen LogP contribution in [0.3, 0.4) is 0 Å². The van der Waals surface area contributed by atoms with E-state index in [1.807, 2.05) is 19.1 Å². The zero-order chi connectivity index (χ0) is 15.6. The van der Waals surface area contributed by atoms with E-state index in [0.29, 0.717) is 29.6 Å². The lowest BCUT2D eigenvalue weighted by atomic mass is 9.99. The Labute approximate surface area is 129 Å². The Morgan fingerprint density at radius 2 is 2.10 bits per heavy atom. The number of halogens is 1. The Kier molecular flexibility index (Phi) is 4.96. The third-order valence-electron chi connectivity index (χ3n) is 3.96. The average Bonchev–Trinajstić information content (AvgIpc) is 2.81. The molecule has 1 fully saturated rings. The molecule has 0 aromatic heterocycles. The van der Waals surface area contributed by atoms with Crippen LogP contribution in [0.4, 0.5) is 0 Å². The third kappa shape index (κ3) is 3.24. The molecule has 2 atom stereocenters. The van der Waals surface area contributed by atoms with Gasteiger partial charge in [0.15, 0.2) is 11.5 Å². The molecule has 6 heteroatoms. The SMILES string of the molecule is COc1ccc(CN2CC(C)C(C(=O)O)C2)c(Cl)c1OC. The highest BCUT2D eigenvalue weighted by atomic mass is 35.5. The van der Waals surface area contributed by atoms with Gasteiger partial charge in [0.25, 0.3) is 0 Å². The van der Waals surface area contributed by atoms with Gasteiger partial charge < -0.3 is 14.6 Å². The number of ether oxygens (including phenoxy) is 2. The smallest absolute Gasteiger partial charge is 0.308 e. The lowest BCUT2D eigenvalue weighted by molar-refractivity contribution is -0.142. The van der Waals surface area contributed by atoms with E-state index in [0.717, 1.165) is 12.1 Å². The van der Waals surface area contributed by atoms with E-state index < -0.39 is 5.97 Å². The molecule has 0 aliphatic carbocycles. The molecule has 1 saturated heterocycles. The first-order valence-corrected chi connectivity index (χ1v) is 7.20. The number of likely N-dealkylation sites (tertiary alicyclic amines) is 1. The first-order valence-electron chi connectivity index (χ1n) is 6.82. The Bertz CT molecular complexity index is 535. The Hall–Kier alpha value is -1.46. The number of carbonyl (C=O) groups is 1. The Morgan fingerprint density at radius 1 is 1.38 bits per heavy atom. The summed E-state index contributed by atoms with van der Waals surface area (Å²) in [6, 6.07) is 3.71. The van der Waals surface area contributed by atoms with Crippen LogP contribution in [-0.4, -0.2) is 43.3 Å². The molecular weight excluding hydrogens is 294 g/mol. The van der Waals surface area contributed by atoms with Gasteiger partial charge >= 0.3 is 5.97 Å². The number of carboxylic acids is 1. The van der Waals surface area contributed by atoms with Crippen molar-refractivity contribution in [1.29, 1.82) is 0 Å². The van der Waals surface area contributed by atoms with E-state index in [2.05, 4.69) is 4.90 Å². The number of carboxylic acid groups (broad SMARTS) is 1. The predicted molar refractivity (Wildman–Crippen MR) is 80.1 cm³/mol. The lowest BCUT2D eigenvalue weighted by Gasteiger charge is -2.18. The number of nitrogens with zero attached hydrogens (tertiary/aromatic N) is 1. The van der Waals surface area contributed by atoms with Crippen molar-refractivity contribution in [3.05, 3.63) is 22.7 Å². The Morgan fingerprint density at radius 3 is 2.62 bits per heavy atom. The van der Waals surface area contributed by atoms with E-state index in [1.165, 1.54) is 0 Å². The molecule has 2 rings (SSSR count). The van der Waals surface area contributed by atoms with E-state index in [1.54, 1.807) is 14.2 Å². The number of hydrogen-bond donors (Lipinski definition) is 1. The van der Waals surface area contributed by atoms with Gasteiger partial charge in [-0.3, -0.25) is 9.69 Å².